The third kappa shape index (κ3) is 2.45. The molecule has 2 heterocycles. The molecule has 0 saturated heterocycles. The van der Waals surface area contributed by atoms with Gasteiger partial charge in [-0.05, 0) is 59.7 Å². The van der Waals surface area contributed by atoms with E-state index >= 15 is 0 Å². The van der Waals surface area contributed by atoms with E-state index in [9.17, 15) is 4.39 Å². The number of rotatable bonds is 2. The van der Waals surface area contributed by atoms with Gasteiger partial charge in [-0.25, -0.2) is 4.39 Å². The van der Waals surface area contributed by atoms with Gasteiger partial charge < -0.3 is 14.2 Å². The van der Waals surface area contributed by atoms with Gasteiger partial charge in [0.05, 0.1) is 13.7 Å². The lowest BCUT2D eigenvalue weighted by atomic mass is 9.83. The van der Waals surface area contributed by atoms with Gasteiger partial charge in [0.1, 0.15) is 17.3 Å². The predicted molar refractivity (Wildman–Crippen MR) is 101 cm³/mol. The Morgan fingerprint density at radius 1 is 1.00 bits per heavy atom. The summed E-state index contributed by atoms with van der Waals surface area (Å²) in [6.07, 6.45) is 2.03. The van der Waals surface area contributed by atoms with Crippen LogP contribution in [-0.4, -0.2) is 7.11 Å². The second-order valence-corrected chi connectivity index (χ2v) is 6.63. The zero-order valence-corrected chi connectivity index (χ0v) is 14.7. The Morgan fingerprint density at radius 2 is 1.81 bits per heavy atom. The molecule has 3 aromatic carbocycles. The van der Waals surface area contributed by atoms with Crippen LogP contribution < -0.4 is 9.47 Å². The molecule has 0 saturated carbocycles. The second-order valence-electron chi connectivity index (χ2n) is 6.63. The Hall–Kier alpha value is -3.11. The van der Waals surface area contributed by atoms with Crippen LogP contribution in [0, 0.1) is 5.82 Å². The summed E-state index contributed by atoms with van der Waals surface area (Å²) >= 11 is 0. The summed E-state index contributed by atoms with van der Waals surface area (Å²) < 4.78 is 32.0. The van der Waals surface area contributed by atoms with Crippen molar-refractivity contribution in [2.24, 2.45) is 0 Å². The van der Waals surface area contributed by atoms with E-state index in [2.05, 4.69) is 0 Å². The number of halogens is 1. The van der Waals surface area contributed by atoms with E-state index < -0.39 is 5.79 Å². The zero-order chi connectivity index (χ0) is 18.4. The molecule has 134 valence electrons. The minimum atomic E-state index is -1.12. The first-order valence-corrected chi connectivity index (χ1v) is 8.77. The van der Waals surface area contributed by atoms with E-state index in [0.29, 0.717) is 6.61 Å². The monoisotopic (exact) mass is 360 g/mol. The molecule has 1 unspecified atom stereocenters. The van der Waals surface area contributed by atoms with Crippen LogP contribution in [-0.2, 0) is 17.1 Å². The average molecular weight is 360 g/mol. The van der Waals surface area contributed by atoms with Crippen molar-refractivity contribution >= 4 is 11.6 Å². The lowest BCUT2D eigenvalue weighted by Crippen LogP contribution is -2.42. The second kappa shape index (κ2) is 5.96. The SMILES string of the molecule is COc1ccc(C23OCc4ccc(F)cc4C2=Cc2ccccc2O3)cc1. The summed E-state index contributed by atoms with van der Waals surface area (Å²) in [7, 11) is 1.63. The highest BCUT2D eigenvalue weighted by Gasteiger charge is 2.47. The van der Waals surface area contributed by atoms with Gasteiger partial charge in [-0.2, -0.15) is 0 Å². The highest BCUT2D eigenvalue weighted by Crippen LogP contribution is 2.51. The molecule has 0 radical (unpaired) electrons. The smallest absolute Gasteiger partial charge is 0.265 e. The van der Waals surface area contributed by atoms with E-state index in [0.717, 1.165) is 39.3 Å². The molecule has 0 bridgehead atoms. The first-order valence-electron chi connectivity index (χ1n) is 8.77. The molecule has 5 rings (SSSR count). The number of para-hydroxylation sites is 1. The van der Waals surface area contributed by atoms with Crippen molar-refractivity contribution in [3.8, 4) is 11.5 Å². The van der Waals surface area contributed by atoms with Gasteiger partial charge in [-0.3, -0.25) is 0 Å². The van der Waals surface area contributed by atoms with Gasteiger partial charge in [0.15, 0.2) is 0 Å². The third-order valence-electron chi connectivity index (χ3n) is 5.09. The van der Waals surface area contributed by atoms with Crippen LogP contribution in [0.5, 0.6) is 11.5 Å². The fraction of sp³-hybridized carbons (Fsp3) is 0.130. The maximum atomic E-state index is 14.0. The number of benzene rings is 3. The first kappa shape index (κ1) is 16.1. The minimum Gasteiger partial charge on any atom is -0.497 e. The van der Waals surface area contributed by atoms with E-state index in [1.807, 2.05) is 54.6 Å². The Bertz CT molecular complexity index is 1060. The van der Waals surface area contributed by atoms with Gasteiger partial charge in [-0.15, -0.1) is 0 Å². The minimum absolute atomic E-state index is 0.279. The van der Waals surface area contributed by atoms with Crippen molar-refractivity contribution in [1.29, 1.82) is 0 Å². The molecule has 0 spiro atoms. The van der Waals surface area contributed by atoms with Crippen LogP contribution in [0.4, 0.5) is 4.39 Å². The number of fused-ring (bicyclic) bond motifs is 4. The Morgan fingerprint density at radius 3 is 2.63 bits per heavy atom. The summed E-state index contributed by atoms with van der Waals surface area (Å²) in [6, 6.07) is 20.1. The van der Waals surface area contributed by atoms with Crippen molar-refractivity contribution < 1.29 is 18.6 Å². The average Bonchev–Trinajstić information content (AvgIpc) is 2.72. The molecular formula is C23H17FO3. The van der Waals surface area contributed by atoms with Crippen molar-refractivity contribution in [3.63, 3.8) is 0 Å². The van der Waals surface area contributed by atoms with Crippen LogP contribution in [0.15, 0.2) is 66.7 Å². The Labute approximate surface area is 156 Å². The maximum absolute atomic E-state index is 14.0. The summed E-state index contributed by atoms with van der Waals surface area (Å²) in [5.41, 5.74) is 4.32. The normalized spacial score (nSPS) is 19.9. The number of methoxy groups -OCH3 is 1. The van der Waals surface area contributed by atoms with Crippen molar-refractivity contribution in [3.05, 3.63) is 94.8 Å². The molecule has 2 aliphatic rings. The van der Waals surface area contributed by atoms with Gasteiger partial charge >= 0.3 is 0 Å². The topological polar surface area (TPSA) is 27.7 Å². The summed E-state index contributed by atoms with van der Waals surface area (Å²) in [6.45, 7) is 0.334. The van der Waals surface area contributed by atoms with E-state index in [1.54, 1.807) is 19.2 Å². The predicted octanol–water partition coefficient (Wildman–Crippen LogP) is 5.15. The van der Waals surface area contributed by atoms with Crippen LogP contribution >= 0.6 is 0 Å². The summed E-state index contributed by atoms with van der Waals surface area (Å²) in [5.74, 6) is 0.0802. The third-order valence-corrected chi connectivity index (χ3v) is 5.09. The Balaban J connectivity index is 1.76. The highest BCUT2D eigenvalue weighted by molar-refractivity contribution is 5.91. The van der Waals surface area contributed by atoms with Crippen molar-refractivity contribution in [2.75, 3.05) is 7.11 Å². The number of ether oxygens (including phenoxy) is 3. The lowest BCUT2D eigenvalue weighted by Gasteiger charge is -2.43. The van der Waals surface area contributed by atoms with Gasteiger partial charge in [0.2, 0.25) is 0 Å². The standard InChI is InChI=1S/C23H17FO3/c1-25-19-10-7-17(8-11-19)23-21(12-15-4-2-3-5-22(15)27-23)20-13-18(24)9-6-16(20)14-26-23/h2-13H,14H2,1H3. The molecule has 3 aromatic rings. The first-order chi connectivity index (χ1) is 13.2. The quantitative estimate of drug-likeness (QED) is 0.632. The molecule has 2 aliphatic heterocycles. The fourth-order valence-electron chi connectivity index (χ4n) is 3.73. The fourth-order valence-corrected chi connectivity index (χ4v) is 3.73. The molecule has 0 amide bonds. The van der Waals surface area contributed by atoms with E-state index in [1.165, 1.54) is 6.07 Å². The largest absolute Gasteiger partial charge is 0.497 e. The van der Waals surface area contributed by atoms with Crippen molar-refractivity contribution in [1.82, 2.24) is 0 Å². The molecule has 3 nitrogen and oxygen atoms in total. The van der Waals surface area contributed by atoms with Crippen LogP contribution in [0.2, 0.25) is 0 Å². The molecule has 4 heteroatoms. The maximum Gasteiger partial charge on any atom is 0.265 e. The Kier molecular flexibility index (Phi) is 3.55. The molecule has 0 N–H and O–H groups in total. The van der Waals surface area contributed by atoms with Crippen molar-refractivity contribution in [2.45, 2.75) is 12.4 Å². The highest BCUT2D eigenvalue weighted by atomic mass is 19.1. The van der Waals surface area contributed by atoms with E-state index in [-0.39, 0.29) is 5.82 Å². The van der Waals surface area contributed by atoms with Gasteiger partial charge in [0.25, 0.3) is 5.79 Å². The van der Waals surface area contributed by atoms with Gasteiger partial charge in [-0.1, -0.05) is 24.3 Å². The number of hydrogen-bond acceptors (Lipinski definition) is 3. The number of hydrogen-bond donors (Lipinski definition) is 0. The molecule has 1 atom stereocenters. The van der Waals surface area contributed by atoms with Crippen LogP contribution in [0.3, 0.4) is 0 Å². The molecule has 0 fully saturated rings. The van der Waals surface area contributed by atoms with Crippen LogP contribution in [0.25, 0.3) is 11.6 Å². The molecule has 0 aliphatic carbocycles. The van der Waals surface area contributed by atoms with Gasteiger partial charge in [0, 0.05) is 16.7 Å². The molecule has 27 heavy (non-hydrogen) atoms. The molecule has 0 aromatic heterocycles. The summed E-state index contributed by atoms with van der Waals surface area (Å²) in [5, 5.41) is 0. The zero-order valence-electron chi connectivity index (χ0n) is 14.7. The van der Waals surface area contributed by atoms with Crippen LogP contribution in [0.1, 0.15) is 22.3 Å². The lowest BCUT2D eigenvalue weighted by molar-refractivity contribution is -0.160. The summed E-state index contributed by atoms with van der Waals surface area (Å²) in [4.78, 5) is 0. The van der Waals surface area contributed by atoms with E-state index in [4.69, 9.17) is 14.2 Å². The molecular weight excluding hydrogens is 343 g/mol.